The number of rotatable bonds is 6. The summed E-state index contributed by atoms with van der Waals surface area (Å²) in [4.78, 5) is 21.2. The number of carbonyl (C=O) groups excluding carboxylic acids is 2. The van der Waals surface area contributed by atoms with Crippen molar-refractivity contribution < 1.29 is 19.4 Å². The predicted octanol–water partition coefficient (Wildman–Crippen LogP) is 0.281. The minimum atomic E-state index is -0.356. The average molecular weight is 174 g/mol. The third kappa shape index (κ3) is 7.21. The first-order valence-corrected chi connectivity index (χ1v) is 3.92. The van der Waals surface area contributed by atoms with E-state index < -0.39 is 0 Å². The van der Waals surface area contributed by atoms with Crippen LogP contribution < -0.4 is 0 Å². The second-order valence-electron chi connectivity index (χ2n) is 2.50. The molecule has 1 N–H and O–H groups in total. The number of carbonyl (C=O) groups is 2. The summed E-state index contributed by atoms with van der Waals surface area (Å²) in [6, 6.07) is 0. The lowest BCUT2D eigenvalue weighted by atomic mass is 10.2. The lowest BCUT2D eigenvalue weighted by Crippen LogP contribution is -2.08. The summed E-state index contributed by atoms with van der Waals surface area (Å²) in [5.41, 5.74) is 0. The minimum Gasteiger partial charge on any atom is -0.463 e. The Labute approximate surface area is 71.5 Å². The molecule has 0 saturated heterocycles. The Kier molecular flexibility index (Phi) is 6.28. The van der Waals surface area contributed by atoms with Crippen molar-refractivity contribution in [3.63, 3.8) is 0 Å². The van der Waals surface area contributed by atoms with Gasteiger partial charge in [0.25, 0.3) is 0 Å². The van der Waals surface area contributed by atoms with E-state index in [2.05, 4.69) is 4.74 Å². The van der Waals surface area contributed by atoms with Crippen LogP contribution in [0.15, 0.2) is 0 Å². The van der Waals surface area contributed by atoms with Gasteiger partial charge >= 0.3 is 5.97 Å². The molecule has 0 aliphatic carbocycles. The molecule has 0 aromatic rings. The molecule has 0 atom stereocenters. The molecule has 0 aromatic carbocycles. The fourth-order valence-corrected chi connectivity index (χ4v) is 0.713. The van der Waals surface area contributed by atoms with Crippen LogP contribution in [-0.4, -0.2) is 30.1 Å². The maximum atomic E-state index is 10.7. The van der Waals surface area contributed by atoms with Crippen LogP contribution in [0.4, 0.5) is 0 Å². The van der Waals surface area contributed by atoms with Gasteiger partial charge in [0.05, 0.1) is 6.61 Å². The summed E-state index contributed by atoms with van der Waals surface area (Å²) in [7, 11) is 0. The largest absolute Gasteiger partial charge is 0.463 e. The van der Waals surface area contributed by atoms with Crippen molar-refractivity contribution in [3.05, 3.63) is 0 Å². The highest BCUT2D eigenvalue weighted by Crippen LogP contribution is 1.97. The molecule has 0 fully saturated rings. The monoisotopic (exact) mass is 174 g/mol. The summed E-state index contributed by atoms with van der Waals surface area (Å²) in [5, 5.41) is 8.30. The Bertz CT molecular complexity index is 153. The molecule has 4 nitrogen and oxygen atoms in total. The van der Waals surface area contributed by atoms with E-state index in [1.54, 1.807) is 0 Å². The SMILES string of the molecule is CC(=O)CCCC(=O)OCCO. The van der Waals surface area contributed by atoms with Gasteiger partial charge < -0.3 is 14.6 Å². The van der Waals surface area contributed by atoms with E-state index in [9.17, 15) is 9.59 Å². The normalized spacial score (nSPS) is 9.50. The van der Waals surface area contributed by atoms with Crippen molar-refractivity contribution in [1.82, 2.24) is 0 Å². The van der Waals surface area contributed by atoms with Crippen LogP contribution in [0.5, 0.6) is 0 Å². The van der Waals surface area contributed by atoms with E-state index in [0.717, 1.165) is 0 Å². The molecule has 0 radical (unpaired) electrons. The van der Waals surface area contributed by atoms with Gasteiger partial charge in [0.2, 0.25) is 0 Å². The number of ether oxygens (including phenoxy) is 1. The van der Waals surface area contributed by atoms with Crippen LogP contribution in [0.2, 0.25) is 0 Å². The molecular weight excluding hydrogens is 160 g/mol. The maximum Gasteiger partial charge on any atom is 0.305 e. The summed E-state index contributed by atoms with van der Waals surface area (Å²) in [5.74, 6) is -0.282. The summed E-state index contributed by atoms with van der Waals surface area (Å²) in [6.07, 6.45) is 1.19. The van der Waals surface area contributed by atoms with Crippen molar-refractivity contribution in [3.8, 4) is 0 Å². The van der Waals surface area contributed by atoms with Gasteiger partial charge in [0, 0.05) is 12.8 Å². The quantitative estimate of drug-likeness (QED) is 0.587. The van der Waals surface area contributed by atoms with Crippen molar-refractivity contribution >= 4 is 11.8 Å². The van der Waals surface area contributed by atoms with Gasteiger partial charge in [0.15, 0.2) is 0 Å². The zero-order valence-corrected chi connectivity index (χ0v) is 7.21. The number of hydrogen-bond acceptors (Lipinski definition) is 4. The minimum absolute atomic E-state index is 0.0406. The molecule has 0 saturated carbocycles. The summed E-state index contributed by atoms with van der Waals surface area (Å²) >= 11 is 0. The van der Waals surface area contributed by atoms with E-state index in [1.165, 1.54) is 6.92 Å². The van der Waals surface area contributed by atoms with Gasteiger partial charge in [-0.05, 0) is 13.3 Å². The molecule has 0 aliphatic rings. The van der Waals surface area contributed by atoms with Crippen molar-refractivity contribution in [2.45, 2.75) is 26.2 Å². The van der Waals surface area contributed by atoms with E-state index in [-0.39, 0.29) is 31.4 Å². The molecule has 0 heterocycles. The smallest absolute Gasteiger partial charge is 0.305 e. The van der Waals surface area contributed by atoms with E-state index >= 15 is 0 Å². The van der Waals surface area contributed by atoms with Crippen LogP contribution in [0.25, 0.3) is 0 Å². The maximum absolute atomic E-state index is 10.7. The molecule has 0 aromatic heterocycles. The second-order valence-corrected chi connectivity index (χ2v) is 2.50. The van der Waals surface area contributed by atoms with Crippen molar-refractivity contribution in [1.29, 1.82) is 0 Å². The average Bonchev–Trinajstić information content (AvgIpc) is 2.00. The van der Waals surface area contributed by atoms with E-state index in [1.807, 2.05) is 0 Å². The van der Waals surface area contributed by atoms with Gasteiger partial charge in [-0.1, -0.05) is 0 Å². The third-order valence-corrected chi connectivity index (χ3v) is 1.26. The zero-order chi connectivity index (χ0) is 9.40. The Balaban J connectivity index is 3.25. The fourth-order valence-electron chi connectivity index (χ4n) is 0.713. The highest BCUT2D eigenvalue weighted by molar-refractivity contribution is 5.76. The topological polar surface area (TPSA) is 63.6 Å². The lowest BCUT2D eigenvalue weighted by Gasteiger charge is -2.00. The molecule has 0 amide bonds. The number of Topliss-reactive ketones (excluding diaryl/α,β-unsaturated/α-hetero) is 1. The Morgan fingerprint density at radius 3 is 2.50 bits per heavy atom. The Hall–Kier alpha value is -0.900. The van der Waals surface area contributed by atoms with Gasteiger partial charge in [-0.2, -0.15) is 0 Å². The van der Waals surface area contributed by atoms with Crippen LogP contribution in [0.1, 0.15) is 26.2 Å². The lowest BCUT2D eigenvalue weighted by molar-refractivity contribution is -0.144. The Morgan fingerprint density at radius 1 is 1.33 bits per heavy atom. The van der Waals surface area contributed by atoms with Crippen LogP contribution >= 0.6 is 0 Å². The number of ketones is 1. The van der Waals surface area contributed by atoms with Crippen molar-refractivity contribution in [2.75, 3.05) is 13.2 Å². The number of aliphatic hydroxyl groups is 1. The molecule has 0 aliphatic heterocycles. The van der Waals surface area contributed by atoms with Gasteiger partial charge in [-0.3, -0.25) is 4.79 Å². The molecule has 4 heteroatoms. The first-order chi connectivity index (χ1) is 5.66. The molecule has 0 bridgehead atoms. The van der Waals surface area contributed by atoms with Gasteiger partial charge in [-0.15, -0.1) is 0 Å². The molecular formula is C8H14O4. The molecule has 0 rings (SSSR count). The second kappa shape index (κ2) is 6.79. The molecule has 70 valence electrons. The standard InChI is InChI=1S/C8H14O4/c1-7(10)3-2-4-8(11)12-6-5-9/h9H,2-6H2,1H3. The van der Waals surface area contributed by atoms with E-state index in [0.29, 0.717) is 12.8 Å². The van der Waals surface area contributed by atoms with Gasteiger partial charge in [0.1, 0.15) is 12.4 Å². The van der Waals surface area contributed by atoms with Gasteiger partial charge in [-0.25, -0.2) is 0 Å². The summed E-state index contributed by atoms with van der Waals surface area (Å²) in [6.45, 7) is 1.37. The molecule has 0 spiro atoms. The number of esters is 1. The molecule has 0 unspecified atom stereocenters. The van der Waals surface area contributed by atoms with Crippen LogP contribution in [0.3, 0.4) is 0 Å². The first-order valence-electron chi connectivity index (χ1n) is 3.92. The van der Waals surface area contributed by atoms with Crippen LogP contribution in [-0.2, 0) is 14.3 Å². The third-order valence-electron chi connectivity index (χ3n) is 1.26. The predicted molar refractivity (Wildman–Crippen MR) is 42.6 cm³/mol. The zero-order valence-electron chi connectivity index (χ0n) is 7.21. The highest BCUT2D eigenvalue weighted by Gasteiger charge is 2.02. The highest BCUT2D eigenvalue weighted by atomic mass is 16.5. The molecule has 12 heavy (non-hydrogen) atoms. The Morgan fingerprint density at radius 2 is 2.00 bits per heavy atom. The number of hydrogen-bond donors (Lipinski definition) is 1. The first kappa shape index (κ1) is 11.1. The number of aliphatic hydroxyl groups excluding tert-OH is 1. The van der Waals surface area contributed by atoms with E-state index in [4.69, 9.17) is 5.11 Å². The van der Waals surface area contributed by atoms with Crippen molar-refractivity contribution in [2.24, 2.45) is 0 Å². The van der Waals surface area contributed by atoms with Crippen LogP contribution in [0, 0.1) is 0 Å². The summed E-state index contributed by atoms with van der Waals surface area (Å²) < 4.78 is 4.57. The fraction of sp³-hybridized carbons (Fsp3) is 0.750.